The number of nitrogens with zero attached hydrogens (tertiary/aromatic N) is 3. The molecule has 0 radical (unpaired) electrons. The highest BCUT2D eigenvalue weighted by molar-refractivity contribution is 6.21. The molecular formula is C19H9F3N4O. The molecule has 0 spiro atoms. The Hall–Kier alpha value is -3.55. The summed E-state index contributed by atoms with van der Waals surface area (Å²) in [6.07, 6.45) is -3.22. The highest BCUT2D eigenvalue weighted by Gasteiger charge is 2.33. The third-order valence-corrected chi connectivity index (χ3v) is 4.44. The van der Waals surface area contributed by atoms with Gasteiger partial charge >= 0.3 is 6.18 Å². The molecule has 27 heavy (non-hydrogen) atoms. The van der Waals surface area contributed by atoms with E-state index in [1.165, 1.54) is 6.20 Å². The fraction of sp³-hybridized carbons (Fsp3) is 0.0526. The summed E-state index contributed by atoms with van der Waals surface area (Å²) in [4.78, 5) is 28.3. The zero-order valence-electron chi connectivity index (χ0n) is 13.5. The summed E-state index contributed by atoms with van der Waals surface area (Å²) in [6, 6.07) is 11.0. The predicted octanol–water partition coefficient (Wildman–Crippen LogP) is 4.19. The number of H-pyrrole nitrogens is 1. The van der Waals surface area contributed by atoms with Crippen LogP contribution in [0.25, 0.3) is 43.9 Å². The highest BCUT2D eigenvalue weighted by Crippen LogP contribution is 2.33. The van der Waals surface area contributed by atoms with Crippen LogP contribution in [-0.4, -0.2) is 19.9 Å². The Morgan fingerprint density at radius 3 is 2.30 bits per heavy atom. The first-order valence-electron chi connectivity index (χ1n) is 8.01. The summed E-state index contributed by atoms with van der Waals surface area (Å²) in [6.45, 7) is 0. The van der Waals surface area contributed by atoms with Crippen molar-refractivity contribution in [2.75, 3.05) is 0 Å². The molecule has 0 saturated carbocycles. The van der Waals surface area contributed by atoms with Crippen molar-refractivity contribution in [3.8, 4) is 0 Å². The van der Waals surface area contributed by atoms with Crippen molar-refractivity contribution in [2.24, 2.45) is 0 Å². The number of hydrogen-bond donors (Lipinski definition) is 1. The standard InChI is InChI=1S/C19H9F3N4O/c20-19(21,22)13-8-12(27)14-17(26-13)15-9(4-3-7-23-15)16-18(14)25-11-6-2-1-5-10(11)24-16/h1-8H,(H,26,27). The van der Waals surface area contributed by atoms with E-state index in [0.29, 0.717) is 28.0 Å². The second-order valence-corrected chi connectivity index (χ2v) is 6.10. The molecule has 5 aromatic rings. The van der Waals surface area contributed by atoms with Gasteiger partial charge in [0.25, 0.3) is 0 Å². The van der Waals surface area contributed by atoms with Gasteiger partial charge in [0, 0.05) is 17.6 Å². The second-order valence-electron chi connectivity index (χ2n) is 6.10. The molecule has 0 aliphatic heterocycles. The van der Waals surface area contributed by atoms with Gasteiger partial charge in [-0.3, -0.25) is 9.78 Å². The van der Waals surface area contributed by atoms with Gasteiger partial charge in [-0.15, -0.1) is 0 Å². The van der Waals surface area contributed by atoms with Crippen LogP contribution in [0.1, 0.15) is 5.69 Å². The van der Waals surface area contributed by atoms with Crippen molar-refractivity contribution < 1.29 is 13.2 Å². The molecule has 0 atom stereocenters. The fourth-order valence-electron chi connectivity index (χ4n) is 3.28. The number of hydrogen-bond acceptors (Lipinski definition) is 4. The summed E-state index contributed by atoms with van der Waals surface area (Å²) in [5.74, 6) is 0. The topological polar surface area (TPSA) is 71.5 Å². The molecule has 3 aromatic heterocycles. The monoisotopic (exact) mass is 366 g/mol. The number of rotatable bonds is 0. The first-order valence-corrected chi connectivity index (χ1v) is 8.01. The van der Waals surface area contributed by atoms with Crippen LogP contribution < -0.4 is 5.43 Å². The summed E-state index contributed by atoms with van der Waals surface area (Å²) in [5.41, 5.74) is 0.189. The normalized spacial score (nSPS) is 12.4. The third-order valence-electron chi connectivity index (χ3n) is 4.44. The number of alkyl halides is 3. The number of aromatic nitrogens is 4. The van der Waals surface area contributed by atoms with Crippen LogP contribution in [0.3, 0.4) is 0 Å². The van der Waals surface area contributed by atoms with Gasteiger partial charge in [-0.25, -0.2) is 9.97 Å². The van der Waals surface area contributed by atoms with Gasteiger partial charge in [0.1, 0.15) is 11.2 Å². The average Bonchev–Trinajstić information content (AvgIpc) is 2.65. The zero-order valence-corrected chi connectivity index (χ0v) is 13.5. The minimum absolute atomic E-state index is 0.00232. The second kappa shape index (κ2) is 5.23. The van der Waals surface area contributed by atoms with Crippen molar-refractivity contribution in [1.82, 2.24) is 19.9 Å². The van der Waals surface area contributed by atoms with E-state index in [0.717, 1.165) is 0 Å². The quantitative estimate of drug-likeness (QED) is 0.329. The van der Waals surface area contributed by atoms with Crippen LogP contribution in [0.4, 0.5) is 13.2 Å². The van der Waals surface area contributed by atoms with E-state index in [1.54, 1.807) is 30.3 Å². The fourth-order valence-corrected chi connectivity index (χ4v) is 3.28. The number of halogens is 3. The van der Waals surface area contributed by atoms with E-state index in [2.05, 4.69) is 19.9 Å². The minimum atomic E-state index is -4.68. The number of benzene rings is 2. The molecule has 0 unspecified atom stereocenters. The van der Waals surface area contributed by atoms with E-state index < -0.39 is 17.3 Å². The number of fused-ring (bicyclic) bond motifs is 7. The van der Waals surface area contributed by atoms with Crippen molar-refractivity contribution >= 4 is 43.9 Å². The molecule has 8 heteroatoms. The van der Waals surface area contributed by atoms with Crippen LogP contribution in [0.15, 0.2) is 53.5 Å². The van der Waals surface area contributed by atoms with Crippen molar-refractivity contribution in [2.45, 2.75) is 6.18 Å². The van der Waals surface area contributed by atoms with Gasteiger partial charge in [-0.1, -0.05) is 12.1 Å². The molecule has 0 fully saturated rings. The Kier molecular flexibility index (Phi) is 3.04. The van der Waals surface area contributed by atoms with Crippen molar-refractivity contribution in [3.05, 3.63) is 64.6 Å². The highest BCUT2D eigenvalue weighted by atomic mass is 19.4. The van der Waals surface area contributed by atoms with Gasteiger partial charge in [-0.05, 0) is 24.3 Å². The first-order chi connectivity index (χ1) is 12.9. The molecule has 0 amide bonds. The first kappa shape index (κ1) is 15.7. The molecule has 5 nitrogen and oxygen atoms in total. The Bertz CT molecular complexity index is 1440. The van der Waals surface area contributed by atoms with E-state index in [9.17, 15) is 18.0 Å². The number of pyridine rings is 2. The Labute approximate surface area is 148 Å². The molecule has 0 saturated heterocycles. The summed E-state index contributed by atoms with van der Waals surface area (Å²) in [7, 11) is 0. The number of aromatic amines is 1. The van der Waals surface area contributed by atoms with Gasteiger partial charge < -0.3 is 4.98 Å². The summed E-state index contributed by atoms with van der Waals surface area (Å²) < 4.78 is 39.6. The Morgan fingerprint density at radius 2 is 1.59 bits per heavy atom. The summed E-state index contributed by atoms with van der Waals surface area (Å²) in [5, 5.41) is 0.565. The third kappa shape index (κ3) is 2.26. The lowest BCUT2D eigenvalue weighted by Crippen LogP contribution is -2.15. The van der Waals surface area contributed by atoms with Gasteiger partial charge in [0.15, 0.2) is 5.43 Å². The molecule has 3 heterocycles. The molecule has 0 aliphatic carbocycles. The lowest BCUT2D eigenvalue weighted by atomic mass is 10.1. The molecule has 0 aliphatic rings. The van der Waals surface area contributed by atoms with E-state index in [4.69, 9.17) is 0 Å². The largest absolute Gasteiger partial charge is 0.431 e. The Balaban J connectivity index is 2.11. The minimum Gasteiger partial charge on any atom is -0.349 e. The number of nitrogens with one attached hydrogen (secondary N) is 1. The van der Waals surface area contributed by atoms with E-state index in [1.807, 2.05) is 6.07 Å². The molecule has 2 aromatic carbocycles. The van der Waals surface area contributed by atoms with Crippen molar-refractivity contribution in [3.63, 3.8) is 0 Å². The van der Waals surface area contributed by atoms with Crippen LogP contribution in [0.5, 0.6) is 0 Å². The van der Waals surface area contributed by atoms with Crippen LogP contribution in [-0.2, 0) is 6.18 Å². The van der Waals surface area contributed by atoms with Gasteiger partial charge in [0.05, 0.1) is 33.0 Å². The van der Waals surface area contributed by atoms with Crippen LogP contribution in [0, 0.1) is 0 Å². The molecule has 1 N–H and O–H groups in total. The predicted molar refractivity (Wildman–Crippen MR) is 95.5 cm³/mol. The van der Waals surface area contributed by atoms with Crippen LogP contribution >= 0.6 is 0 Å². The van der Waals surface area contributed by atoms with Crippen LogP contribution in [0.2, 0.25) is 0 Å². The lowest BCUT2D eigenvalue weighted by molar-refractivity contribution is -0.141. The number of para-hydroxylation sites is 2. The van der Waals surface area contributed by atoms with Gasteiger partial charge in [0.2, 0.25) is 0 Å². The van der Waals surface area contributed by atoms with E-state index >= 15 is 0 Å². The zero-order chi connectivity index (χ0) is 18.8. The molecule has 5 rings (SSSR count). The average molecular weight is 366 g/mol. The van der Waals surface area contributed by atoms with E-state index in [-0.39, 0.29) is 21.9 Å². The maximum Gasteiger partial charge on any atom is 0.431 e. The SMILES string of the molecule is O=c1cc(C(F)(F)F)[nH]c2c3ncccc3c3nc4ccccc4nc3c12. The Morgan fingerprint density at radius 1 is 0.889 bits per heavy atom. The maximum absolute atomic E-state index is 13.2. The maximum atomic E-state index is 13.2. The van der Waals surface area contributed by atoms with Crippen molar-refractivity contribution in [1.29, 1.82) is 0 Å². The van der Waals surface area contributed by atoms with Gasteiger partial charge in [-0.2, -0.15) is 13.2 Å². The smallest absolute Gasteiger partial charge is 0.349 e. The molecule has 132 valence electrons. The molecular weight excluding hydrogens is 357 g/mol. The summed E-state index contributed by atoms with van der Waals surface area (Å²) >= 11 is 0. The molecule has 0 bridgehead atoms. The lowest BCUT2D eigenvalue weighted by Gasteiger charge is -2.12.